The van der Waals surface area contributed by atoms with Crippen molar-refractivity contribution in [3.63, 3.8) is 0 Å². The van der Waals surface area contributed by atoms with Crippen LogP contribution in [0.15, 0.2) is 6.08 Å². The van der Waals surface area contributed by atoms with Crippen LogP contribution in [-0.4, -0.2) is 53.8 Å². The van der Waals surface area contributed by atoms with Gasteiger partial charge in [0.05, 0.1) is 12.7 Å². The second-order valence-corrected chi connectivity index (χ2v) is 1.36. The molecule has 0 N–H and O–H groups in total. The first-order chi connectivity index (χ1) is 4.72. The van der Waals surface area contributed by atoms with Crippen molar-refractivity contribution in [2.75, 3.05) is 6.61 Å². The molecular formula is C6H6NNaO3. The van der Waals surface area contributed by atoms with E-state index in [1.807, 2.05) is 0 Å². The standard InChI is InChI=1S/C6H6NO3.Na/c1-2-10-6(9)5(8)3-4-7;/h3H,2H2,1H3;. The van der Waals surface area contributed by atoms with Gasteiger partial charge in [0.1, 0.15) is 0 Å². The first-order valence-corrected chi connectivity index (χ1v) is 2.66. The molecule has 0 unspecified atom stereocenters. The van der Waals surface area contributed by atoms with Crippen LogP contribution < -0.4 is 5.41 Å². The molecule has 0 atom stereocenters. The number of carbonyl (C=O) groups excluding carboxylic acids is 2. The summed E-state index contributed by atoms with van der Waals surface area (Å²) >= 11 is 0. The number of carbonyl (C=O) groups is 2. The molecule has 0 saturated carbocycles. The van der Waals surface area contributed by atoms with Crippen molar-refractivity contribution in [3.8, 4) is 0 Å². The van der Waals surface area contributed by atoms with E-state index in [-0.39, 0.29) is 36.2 Å². The molecule has 11 heavy (non-hydrogen) atoms. The van der Waals surface area contributed by atoms with Crippen LogP contribution in [0.25, 0.3) is 0 Å². The molecule has 0 saturated heterocycles. The minimum atomic E-state index is -0.982. The third-order valence-electron chi connectivity index (χ3n) is 0.672. The second kappa shape index (κ2) is 7.69. The topological polar surface area (TPSA) is 65.7 Å². The van der Waals surface area contributed by atoms with E-state index in [2.05, 4.69) is 4.74 Å². The Labute approximate surface area is 86.4 Å². The number of hydrogen-bond donors (Lipinski definition) is 0. The van der Waals surface area contributed by atoms with Crippen molar-refractivity contribution in [2.45, 2.75) is 6.92 Å². The molecule has 0 aromatic heterocycles. The molecule has 0 rings (SSSR count). The zero-order valence-corrected chi connectivity index (χ0v) is 8.46. The summed E-state index contributed by atoms with van der Waals surface area (Å²) in [5.74, 6) is -0.464. The van der Waals surface area contributed by atoms with E-state index >= 15 is 0 Å². The predicted octanol–water partition coefficient (Wildman–Crippen LogP) is -1.24. The van der Waals surface area contributed by atoms with Gasteiger partial charge in [0.25, 0.3) is 5.78 Å². The molecule has 0 fully saturated rings. The molecule has 0 bridgehead atoms. The van der Waals surface area contributed by atoms with Gasteiger partial charge in [-0.2, -0.15) is 0 Å². The molecule has 0 aliphatic rings. The molecule has 5 heteroatoms. The number of nitrogens with zero attached hydrogens (tertiary/aromatic N) is 1. The van der Waals surface area contributed by atoms with E-state index in [9.17, 15) is 9.59 Å². The number of esters is 1. The van der Waals surface area contributed by atoms with Crippen LogP contribution in [-0.2, 0) is 14.3 Å². The summed E-state index contributed by atoms with van der Waals surface area (Å²) in [4.78, 5) is 20.8. The van der Waals surface area contributed by atoms with E-state index in [0.29, 0.717) is 6.08 Å². The van der Waals surface area contributed by atoms with Gasteiger partial charge in [0.2, 0.25) is 0 Å². The first kappa shape index (κ1) is 13.2. The average molecular weight is 163 g/mol. The Kier molecular flexibility index (Phi) is 9.23. The number of ketones is 1. The van der Waals surface area contributed by atoms with Gasteiger partial charge < -0.3 is 4.74 Å². The van der Waals surface area contributed by atoms with Crippen molar-refractivity contribution >= 4 is 47.2 Å². The third kappa shape index (κ3) is 6.01. The number of hydrogen-bond acceptors (Lipinski definition) is 3. The maximum atomic E-state index is 10.4. The van der Waals surface area contributed by atoms with Gasteiger partial charge in [-0.05, 0) is 6.92 Å². The molecule has 0 amide bonds. The summed E-state index contributed by atoms with van der Waals surface area (Å²) in [6.07, 6.45) is 0.609. The first-order valence-electron chi connectivity index (χ1n) is 2.66. The molecule has 0 spiro atoms. The van der Waals surface area contributed by atoms with E-state index in [4.69, 9.17) is 5.41 Å². The zero-order chi connectivity index (χ0) is 7.98. The van der Waals surface area contributed by atoms with Crippen LogP contribution in [0, 0.1) is 0 Å². The van der Waals surface area contributed by atoms with Crippen molar-refractivity contribution in [3.05, 3.63) is 6.08 Å². The monoisotopic (exact) mass is 163 g/mol. The SMILES string of the molecule is CCOC(=O)C(=O)C=C=[N].[Na]. The van der Waals surface area contributed by atoms with Crippen LogP contribution >= 0.6 is 0 Å². The van der Waals surface area contributed by atoms with Crippen molar-refractivity contribution in [2.24, 2.45) is 0 Å². The van der Waals surface area contributed by atoms with E-state index < -0.39 is 11.8 Å². The zero-order valence-electron chi connectivity index (χ0n) is 6.46. The van der Waals surface area contributed by atoms with Crippen LogP contribution in [0.3, 0.4) is 0 Å². The molecule has 0 aliphatic carbocycles. The average Bonchev–Trinajstić information content (AvgIpc) is 1.89. The van der Waals surface area contributed by atoms with Crippen molar-refractivity contribution in [1.29, 1.82) is 0 Å². The molecule has 0 aliphatic heterocycles. The molecule has 0 aromatic rings. The van der Waals surface area contributed by atoms with E-state index in [1.165, 1.54) is 5.87 Å². The van der Waals surface area contributed by atoms with E-state index in [0.717, 1.165) is 0 Å². The van der Waals surface area contributed by atoms with Crippen LogP contribution in [0.4, 0.5) is 0 Å². The summed E-state index contributed by atoms with van der Waals surface area (Å²) in [5, 5.41) is 7.92. The van der Waals surface area contributed by atoms with Gasteiger partial charge in [-0.3, -0.25) is 4.79 Å². The summed E-state index contributed by atoms with van der Waals surface area (Å²) in [7, 11) is 0. The Morgan fingerprint density at radius 1 is 1.64 bits per heavy atom. The maximum Gasteiger partial charge on any atom is 0.379 e. The van der Waals surface area contributed by atoms with Gasteiger partial charge in [-0.15, -0.1) is 0 Å². The van der Waals surface area contributed by atoms with Gasteiger partial charge >= 0.3 is 5.97 Å². The van der Waals surface area contributed by atoms with Crippen molar-refractivity contribution in [1.82, 2.24) is 5.41 Å². The quantitative estimate of drug-likeness (QED) is 0.172. The van der Waals surface area contributed by atoms with Crippen molar-refractivity contribution < 1.29 is 14.3 Å². The fourth-order valence-electron chi connectivity index (χ4n) is 0.320. The number of rotatable bonds is 3. The van der Waals surface area contributed by atoms with Crippen LogP contribution in [0.2, 0.25) is 0 Å². The normalized spacial score (nSPS) is 7.00. The minimum absolute atomic E-state index is 0. The maximum absolute atomic E-state index is 10.4. The summed E-state index contributed by atoms with van der Waals surface area (Å²) in [6.45, 7) is 1.72. The largest absolute Gasteiger partial charge is 0.460 e. The summed E-state index contributed by atoms with van der Waals surface area (Å²) < 4.78 is 4.29. The van der Waals surface area contributed by atoms with Crippen LogP contribution in [0.1, 0.15) is 6.92 Å². The summed E-state index contributed by atoms with van der Waals surface area (Å²) in [5.41, 5.74) is 0. The van der Waals surface area contributed by atoms with Gasteiger partial charge in [-0.25, -0.2) is 4.79 Å². The molecular weight excluding hydrogens is 157 g/mol. The fraction of sp³-hybridized carbons (Fsp3) is 0.333. The Balaban J connectivity index is 0. The van der Waals surface area contributed by atoms with E-state index in [1.54, 1.807) is 6.92 Å². The van der Waals surface area contributed by atoms with Gasteiger partial charge in [-0.1, -0.05) is 5.41 Å². The third-order valence-corrected chi connectivity index (χ3v) is 0.672. The Bertz CT molecular complexity index is 196. The Hall–Kier alpha value is -0.410. The minimum Gasteiger partial charge on any atom is -0.460 e. The molecule has 54 valence electrons. The molecule has 4 nitrogen and oxygen atoms in total. The molecule has 2 radical (unpaired) electrons. The predicted molar refractivity (Wildman–Crippen MR) is 39.1 cm³/mol. The molecule has 0 heterocycles. The smallest absolute Gasteiger partial charge is 0.379 e. The Morgan fingerprint density at radius 3 is 2.55 bits per heavy atom. The second-order valence-electron chi connectivity index (χ2n) is 1.36. The fourth-order valence-corrected chi connectivity index (χ4v) is 0.320. The summed E-state index contributed by atoms with van der Waals surface area (Å²) in [6, 6.07) is 0. The van der Waals surface area contributed by atoms with Gasteiger partial charge in [0.15, 0.2) is 0 Å². The molecule has 0 aromatic carbocycles. The Morgan fingerprint density at radius 2 is 2.18 bits per heavy atom. The van der Waals surface area contributed by atoms with Crippen LogP contribution in [0.5, 0.6) is 0 Å². The number of ether oxygens (including phenoxy) is 1. The van der Waals surface area contributed by atoms with Gasteiger partial charge in [0, 0.05) is 35.4 Å².